The first-order valence-corrected chi connectivity index (χ1v) is 8.96. The fraction of sp³-hybridized carbons (Fsp3) is 0.0714. The van der Waals surface area contributed by atoms with Crippen LogP contribution in [0, 0.1) is 0 Å². The zero-order valence-corrected chi connectivity index (χ0v) is 14.7. The van der Waals surface area contributed by atoms with E-state index in [-0.39, 0.29) is 31.7 Å². The van der Waals surface area contributed by atoms with Crippen LogP contribution in [0.2, 0.25) is 15.2 Å². The molecule has 0 radical (unpaired) electrons. The molecule has 1 aromatic carbocycles. The van der Waals surface area contributed by atoms with Crippen molar-refractivity contribution >= 4 is 56.6 Å². The van der Waals surface area contributed by atoms with Gasteiger partial charge in [-0.25, -0.2) is 9.97 Å². The van der Waals surface area contributed by atoms with E-state index in [0.717, 1.165) is 0 Å². The van der Waals surface area contributed by atoms with Crippen LogP contribution in [0.5, 0.6) is 0 Å². The Bertz CT molecular complexity index is 1000. The Balaban J connectivity index is 2.52. The van der Waals surface area contributed by atoms with Gasteiger partial charge in [0, 0.05) is 12.3 Å². The van der Waals surface area contributed by atoms with Gasteiger partial charge >= 0.3 is 0 Å². The number of aromatic nitrogens is 3. The van der Waals surface area contributed by atoms with Crippen molar-refractivity contribution in [3.05, 3.63) is 55.9 Å². The predicted molar refractivity (Wildman–Crippen MR) is 92.5 cm³/mol. The lowest BCUT2D eigenvalue weighted by molar-refractivity contribution is 0.680. The fourth-order valence-corrected chi connectivity index (χ4v) is 3.39. The van der Waals surface area contributed by atoms with Gasteiger partial charge in [-0.05, 0) is 18.2 Å². The Morgan fingerprint density at radius 3 is 2.30 bits per heavy atom. The van der Waals surface area contributed by atoms with Crippen LogP contribution in [0.25, 0.3) is 16.7 Å². The van der Waals surface area contributed by atoms with Gasteiger partial charge in [0.2, 0.25) is 5.16 Å². The predicted octanol–water partition coefficient (Wildman–Crippen LogP) is 3.48. The van der Waals surface area contributed by atoms with E-state index in [1.165, 1.54) is 23.0 Å². The molecule has 0 amide bonds. The van der Waals surface area contributed by atoms with Crippen molar-refractivity contribution < 1.29 is 4.21 Å². The molecular formula is C14H8Cl3N3O2S. The van der Waals surface area contributed by atoms with Crippen molar-refractivity contribution in [2.45, 2.75) is 5.16 Å². The molecule has 2 aromatic heterocycles. The number of fused-ring (bicyclic) bond motifs is 1. The van der Waals surface area contributed by atoms with Gasteiger partial charge in [-0.1, -0.05) is 40.9 Å². The molecular weight excluding hydrogens is 381 g/mol. The molecule has 1 atom stereocenters. The molecule has 0 bridgehead atoms. The highest BCUT2D eigenvalue weighted by molar-refractivity contribution is 7.84. The van der Waals surface area contributed by atoms with Crippen molar-refractivity contribution in [2.24, 2.45) is 0 Å². The van der Waals surface area contributed by atoms with Crippen LogP contribution < -0.4 is 5.56 Å². The summed E-state index contributed by atoms with van der Waals surface area (Å²) in [5.41, 5.74) is 0.0850. The average molecular weight is 389 g/mol. The molecule has 3 rings (SSSR count). The molecule has 0 spiro atoms. The lowest BCUT2D eigenvalue weighted by Gasteiger charge is -2.13. The Morgan fingerprint density at radius 1 is 1.04 bits per heavy atom. The minimum Gasteiger partial charge on any atom is -0.269 e. The Hall–Kier alpha value is -1.47. The van der Waals surface area contributed by atoms with Crippen molar-refractivity contribution in [3.8, 4) is 5.69 Å². The van der Waals surface area contributed by atoms with E-state index in [4.69, 9.17) is 34.8 Å². The summed E-state index contributed by atoms with van der Waals surface area (Å²) in [6.45, 7) is 0. The number of para-hydroxylation sites is 1. The van der Waals surface area contributed by atoms with Crippen molar-refractivity contribution in [1.82, 2.24) is 14.5 Å². The van der Waals surface area contributed by atoms with E-state index in [1.807, 2.05) is 0 Å². The van der Waals surface area contributed by atoms with Crippen LogP contribution in [-0.4, -0.2) is 25.0 Å². The second kappa shape index (κ2) is 6.20. The molecule has 3 aromatic rings. The van der Waals surface area contributed by atoms with E-state index in [9.17, 15) is 9.00 Å². The van der Waals surface area contributed by atoms with Crippen LogP contribution in [0.3, 0.4) is 0 Å². The first-order valence-electron chi connectivity index (χ1n) is 6.27. The summed E-state index contributed by atoms with van der Waals surface area (Å²) in [7, 11) is -1.47. The van der Waals surface area contributed by atoms with Gasteiger partial charge in [-0.3, -0.25) is 13.6 Å². The van der Waals surface area contributed by atoms with E-state index >= 15 is 0 Å². The largest absolute Gasteiger partial charge is 0.269 e. The van der Waals surface area contributed by atoms with Crippen molar-refractivity contribution in [3.63, 3.8) is 0 Å². The van der Waals surface area contributed by atoms with Gasteiger partial charge in [0.15, 0.2) is 5.65 Å². The number of nitrogens with zero attached hydrogens (tertiary/aromatic N) is 3. The Morgan fingerprint density at radius 2 is 1.70 bits per heavy atom. The monoisotopic (exact) mass is 387 g/mol. The van der Waals surface area contributed by atoms with Gasteiger partial charge in [0.05, 0.1) is 31.9 Å². The van der Waals surface area contributed by atoms with Gasteiger partial charge in [-0.2, -0.15) is 0 Å². The first-order chi connectivity index (χ1) is 10.9. The van der Waals surface area contributed by atoms with Gasteiger partial charge in [-0.15, -0.1) is 0 Å². The number of hydrogen-bond acceptors (Lipinski definition) is 4. The molecule has 118 valence electrons. The molecule has 0 fully saturated rings. The number of benzene rings is 1. The number of pyridine rings is 1. The van der Waals surface area contributed by atoms with E-state index in [1.54, 1.807) is 18.2 Å². The molecule has 9 heteroatoms. The highest BCUT2D eigenvalue weighted by atomic mass is 35.5. The third-order valence-corrected chi connectivity index (χ3v) is 4.70. The molecule has 1 unspecified atom stereocenters. The SMILES string of the molecule is CS(=O)c1nc(Cl)c2ccc(=O)n(-c3c(Cl)cccc3Cl)c2n1. The maximum Gasteiger partial charge on any atom is 0.256 e. The molecule has 0 saturated heterocycles. The Kier molecular flexibility index (Phi) is 4.42. The van der Waals surface area contributed by atoms with Gasteiger partial charge in [0.25, 0.3) is 5.56 Å². The summed E-state index contributed by atoms with van der Waals surface area (Å²) in [5, 5.41) is 1.10. The lowest BCUT2D eigenvalue weighted by Crippen LogP contribution is -2.20. The first kappa shape index (κ1) is 16.4. The third kappa shape index (κ3) is 2.87. The molecule has 0 saturated carbocycles. The quantitative estimate of drug-likeness (QED) is 0.498. The second-order valence-electron chi connectivity index (χ2n) is 4.57. The zero-order chi connectivity index (χ0) is 16.7. The maximum absolute atomic E-state index is 12.4. The van der Waals surface area contributed by atoms with Gasteiger partial charge < -0.3 is 0 Å². The normalized spacial score (nSPS) is 12.5. The van der Waals surface area contributed by atoms with Crippen molar-refractivity contribution in [2.75, 3.05) is 6.26 Å². The smallest absolute Gasteiger partial charge is 0.256 e. The highest BCUT2D eigenvalue weighted by Gasteiger charge is 2.17. The molecule has 0 aliphatic carbocycles. The van der Waals surface area contributed by atoms with E-state index in [2.05, 4.69) is 9.97 Å². The second-order valence-corrected chi connectivity index (χ2v) is 7.01. The summed E-state index contributed by atoms with van der Waals surface area (Å²) in [6.07, 6.45) is 1.42. The summed E-state index contributed by atoms with van der Waals surface area (Å²) in [4.78, 5) is 20.6. The minimum atomic E-state index is -1.47. The topological polar surface area (TPSA) is 64.8 Å². The van der Waals surface area contributed by atoms with Crippen molar-refractivity contribution in [1.29, 1.82) is 0 Å². The zero-order valence-electron chi connectivity index (χ0n) is 11.6. The summed E-state index contributed by atoms with van der Waals surface area (Å²) < 4.78 is 12.9. The Labute approximate surface area is 148 Å². The summed E-state index contributed by atoms with van der Waals surface area (Å²) in [5.74, 6) is 0. The average Bonchev–Trinajstić information content (AvgIpc) is 2.48. The fourth-order valence-electron chi connectivity index (χ4n) is 2.11. The molecule has 0 N–H and O–H groups in total. The third-order valence-electron chi connectivity index (χ3n) is 3.10. The summed E-state index contributed by atoms with van der Waals surface area (Å²) >= 11 is 18.5. The number of rotatable bonds is 2. The van der Waals surface area contributed by atoms with E-state index < -0.39 is 16.4 Å². The maximum atomic E-state index is 12.4. The van der Waals surface area contributed by atoms with E-state index in [0.29, 0.717) is 5.39 Å². The van der Waals surface area contributed by atoms with Crippen LogP contribution in [0.1, 0.15) is 0 Å². The number of halogens is 3. The molecule has 0 aliphatic heterocycles. The number of hydrogen-bond donors (Lipinski definition) is 0. The molecule has 2 heterocycles. The highest BCUT2D eigenvalue weighted by Crippen LogP contribution is 2.30. The van der Waals surface area contributed by atoms with Gasteiger partial charge in [0.1, 0.15) is 5.15 Å². The van der Waals surface area contributed by atoms with Crippen LogP contribution in [-0.2, 0) is 10.8 Å². The minimum absolute atomic E-state index is 0.0185. The lowest BCUT2D eigenvalue weighted by atomic mass is 10.2. The van der Waals surface area contributed by atoms with Crippen LogP contribution in [0.4, 0.5) is 0 Å². The van der Waals surface area contributed by atoms with Crippen LogP contribution in [0.15, 0.2) is 40.3 Å². The molecule has 23 heavy (non-hydrogen) atoms. The molecule has 5 nitrogen and oxygen atoms in total. The standard InChI is InChI=1S/C14H8Cl3N3O2S/c1-23(22)14-18-12(17)7-5-6-10(21)20(13(7)19-14)11-8(15)3-2-4-9(11)16/h2-6H,1H3. The van der Waals surface area contributed by atoms with Crippen LogP contribution >= 0.6 is 34.8 Å². The molecule has 0 aliphatic rings. The summed E-state index contributed by atoms with van der Waals surface area (Å²) in [6, 6.07) is 7.70.